The zero-order valence-electron chi connectivity index (χ0n) is 11.8. The van der Waals surface area contributed by atoms with Crippen molar-refractivity contribution in [3.8, 4) is 0 Å². The van der Waals surface area contributed by atoms with Crippen LogP contribution in [0.5, 0.6) is 0 Å². The first-order chi connectivity index (χ1) is 9.47. The van der Waals surface area contributed by atoms with Crippen molar-refractivity contribution >= 4 is 17.8 Å². The fourth-order valence-electron chi connectivity index (χ4n) is 1.62. The molecule has 0 spiro atoms. The Balaban J connectivity index is 4.03. The minimum absolute atomic E-state index is 0.124. The molecule has 114 valence electrons. The van der Waals surface area contributed by atoms with Crippen LogP contribution in [0.4, 0.5) is 0 Å². The molecule has 0 heterocycles. The highest BCUT2D eigenvalue weighted by atomic mass is 16.4. The molecule has 0 aromatic rings. The minimum atomic E-state index is -1.23. The Kier molecular flexibility index (Phi) is 10.00. The number of unbranched alkanes of at least 4 members (excludes halogenated alkanes) is 4. The van der Waals surface area contributed by atoms with E-state index in [4.69, 9.17) is 10.2 Å². The number of rotatable bonds is 11. The maximum absolute atomic E-state index is 11.5. The Bertz CT molecular complexity index is 351. The summed E-state index contributed by atoms with van der Waals surface area (Å²) in [4.78, 5) is 32.7. The van der Waals surface area contributed by atoms with Crippen LogP contribution in [0.1, 0.15) is 51.9 Å². The number of carbonyl (C=O) groups is 3. The summed E-state index contributed by atoms with van der Waals surface area (Å²) in [6.45, 7) is 2.12. The highest BCUT2D eigenvalue weighted by Gasteiger charge is 2.19. The number of carbonyl (C=O) groups excluding carboxylic acids is 1. The summed E-state index contributed by atoms with van der Waals surface area (Å²) >= 11 is 0. The van der Waals surface area contributed by atoms with Gasteiger partial charge in [-0.05, 0) is 25.3 Å². The molecule has 1 amide bonds. The van der Waals surface area contributed by atoms with Gasteiger partial charge in [0.25, 0.3) is 0 Å². The SMILES string of the molecule is CCCCCC/C=C/C(=O)NC(CCC(=O)O)C(=O)O. The van der Waals surface area contributed by atoms with Gasteiger partial charge in [0.2, 0.25) is 5.91 Å². The molecule has 0 saturated heterocycles. The molecule has 6 heteroatoms. The Morgan fingerprint density at radius 2 is 1.85 bits per heavy atom. The second-order valence-electron chi connectivity index (χ2n) is 4.58. The molecule has 0 radical (unpaired) electrons. The van der Waals surface area contributed by atoms with Gasteiger partial charge in [0.05, 0.1) is 0 Å². The predicted octanol–water partition coefficient (Wildman–Crippen LogP) is 1.95. The summed E-state index contributed by atoms with van der Waals surface area (Å²) in [5.41, 5.74) is 0. The van der Waals surface area contributed by atoms with Gasteiger partial charge in [0.15, 0.2) is 0 Å². The number of hydrogen-bond donors (Lipinski definition) is 3. The third-order valence-electron chi connectivity index (χ3n) is 2.76. The van der Waals surface area contributed by atoms with Crippen LogP contribution in [0.15, 0.2) is 12.2 Å². The van der Waals surface area contributed by atoms with Crippen LogP contribution in [0.25, 0.3) is 0 Å². The van der Waals surface area contributed by atoms with Crippen molar-refractivity contribution < 1.29 is 24.6 Å². The van der Waals surface area contributed by atoms with E-state index in [1.165, 1.54) is 6.08 Å². The second kappa shape index (κ2) is 11.0. The van der Waals surface area contributed by atoms with E-state index in [9.17, 15) is 14.4 Å². The van der Waals surface area contributed by atoms with Crippen molar-refractivity contribution in [1.29, 1.82) is 0 Å². The van der Waals surface area contributed by atoms with Crippen LogP contribution >= 0.6 is 0 Å². The predicted molar refractivity (Wildman–Crippen MR) is 74.3 cm³/mol. The van der Waals surface area contributed by atoms with Gasteiger partial charge in [-0.1, -0.05) is 32.3 Å². The van der Waals surface area contributed by atoms with Gasteiger partial charge in [-0.3, -0.25) is 9.59 Å². The molecule has 3 N–H and O–H groups in total. The summed E-state index contributed by atoms with van der Waals surface area (Å²) in [6.07, 6.45) is 7.80. The number of amides is 1. The highest BCUT2D eigenvalue weighted by Crippen LogP contribution is 2.03. The van der Waals surface area contributed by atoms with Gasteiger partial charge >= 0.3 is 11.9 Å². The maximum atomic E-state index is 11.5. The third-order valence-corrected chi connectivity index (χ3v) is 2.76. The van der Waals surface area contributed by atoms with E-state index >= 15 is 0 Å². The first kappa shape index (κ1) is 18.1. The molecule has 0 aliphatic carbocycles. The van der Waals surface area contributed by atoms with Crippen LogP contribution in [0.3, 0.4) is 0 Å². The topological polar surface area (TPSA) is 104 Å². The number of carboxylic acids is 2. The lowest BCUT2D eigenvalue weighted by atomic mass is 10.1. The smallest absolute Gasteiger partial charge is 0.326 e. The monoisotopic (exact) mass is 285 g/mol. The standard InChI is InChI=1S/C14H23NO5/c1-2-3-4-5-6-7-8-12(16)15-11(14(19)20)9-10-13(17)18/h7-8,11H,2-6,9-10H2,1H3,(H,15,16)(H,17,18)(H,19,20)/b8-7+. The molecule has 1 atom stereocenters. The number of hydrogen-bond acceptors (Lipinski definition) is 3. The Labute approximate surface area is 118 Å². The molecule has 6 nitrogen and oxygen atoms in total. The quantitative estimate of drug-likeness (QED) is 0.397. The van der Waals surface area contributed by atoms with Gasteiger partial charge in [0, 0.05) is 6.42 Å². The lowest BCUT2D eigenvalue weighted by Crippen LogP contribution is -2.40. The largest absolute Gasteiger partial charge is 0.481 e. The zero-order valence-corrected chi connectivity index (χ0v) is 11.8. The first-order valence-corrected chi connectivity index (χ1v) is 6.89. The van der Waals surface area contributed by atoms with Crippen LogP contribution in [0, 0.1) is 0 Å². The molecule has 0 bridgehead atoms. The number of nitrogens with one attached hydrogen (secondary N) is 1. The summed E-state index contributed by atoms with van der Waals surface area (Å²) in [5, 5.41) is 19.7. The number of allylic oxidation sites excluding steroid dienone is 1. The van der Waals surface area contributed by atoms with Gasteiger partial charge < -0.3 is 15.5 Å². The van der Waals surface area contributed by atoms with E-state index in [-0.39, 0.29) is 12.8 Å². The fraction of sp³-hybridized carbons (Fsp3) is 0.643. The van der Waals surface area contributed by atoms with Crippen LogP contribution in [-0.2, 0) is 14.4 Å². The van der Waals surface area contributed by atoms with Crippen molar-refractivity contribution in [2.75, 3.05) is 0 Å². The summed E-state index contributed by atoms with van der Waals surface area (Å²) in [7, 11) is 0. The van der Waals surface area contributed by atoms with Crippen molar-refractivity contribution in [1.82, 2.24) is 5.32 Å². The normalized spacial score (nSPS) is 12.2. The number of aliphatic carboxylic acids is 2. The molecule has 0 saturated carbocycles. The van der Waals surface area contributed by atoms with E-state index in [0.717, 1.165) is 32.1 Å². The van der Waals surface area contributed by atoms with E-state index in [1.54, 1.807) is 6.08 Å². The van der Waals surface area contributed by atoms with E-state index in [0.29, 0.717) is 0 Å². The van der Waals surface area contributed by atoms with E-state index in [1.807, 2.05) is 0 Å². The molecule has 0 fully saturated rings. The molecule has 0 aromatic heterocycles. The maximum Gasteiger partial charge on any atom is 0.326 e. The summed E-state index contributed by atoms with van der Waals surface area (Å²) in [6, 6.07) is -1.16. The lowest BCUT2D eigenvalue weighted by molar-refractivity contribution is -0.142. The van der Waals surface area contributed by atoms with E-state index in [2.05, 4.69) is 12.2 Å². The van der Waals surface area contributed by atoms with Crippen molar-refractivity contribution in [2.45, 2.75) is 57.9 Å². The average Bonchev–Trinajstić information content (AvgIpc) is 2.38. The van der Waals surface area contributed by atoms with Crippen LogP contribution < -0.4 is 5.32 Å². The van der Waals surface area contributed by atoms with Crippen LogP contribution in [0.2, 0.25) is 0 Å². The van der Waals surface area contributed by atoms with Gasteiger partial charge in [-0.15, -0.1) is 0 Å². The fourth-order valence-corrected chi connectivity index (χ4v) is 1.62. The Hall–Kier alpha value is -1.85. The second-order valence-corrected chi connectivity index (χ2v) is 4.58. The lowest BCUT2D eigenvalue weighted by Gasteiger charge is -2.11. The van der Waals surface area contributed by atoms with Crippen LogP contribution in [-0.4, -0.2) is 34.1 Å². The minimum Gasteiger partial charge on any atom is -0.481 e. The molecule has 1 unspecified atom stereocenters. The van der Waals surface area contributed by atoms with Gasteiger partial charge in [-0.2, -0.15) is 0 Å². The summed E-state index contributed by atoms with van der Waals surface area (Å²) < 4.78 is 0. The Morgan fingerprint density at radius 1 is 1.15 bits per heavy atom. The van der Waals surface area contributed by atoms with Crippen molar-refractivity contribution in [3.05, 3.63) is 12.2 Å². The van der Waals surface area contributed by atoms with E-state index < -0.39 is 23.9 Å². The third kappa shape index (κ3) is 10.1. The first-order valence-electron chi connectivity index (χ1n) is 6.89. The number of carboxylic acid groups (broad SMARTS) is 2. The van der Waals surface area contributed by atoms with Gasteiger partial charge in [0.1, 0.15) is 6.04 Å². The molecule has 0 aliphatic heterocycles. The molecule has 0 aromatic carbocycles. The zero-order chi connectivity index (χ0) is 15.4. The van der Waals surface area contributed by atoms with Gasteiger partial charge in [-0.25, -0.2) is 4.79 Å². The molecule has 20 heavy (non-hydrogen) atoms. The molecular weight excluding hydrogens is 262 g/mol. The highest BCUT2D eigenvalue weighted by molar-refractivity contribution is 5.91. The molecular formula is C14H23NO5. The van der Waals surface area contributed by atoms with Crippen molar-refractivity contribution in [3.63, 3.8) is 0 Å². The summed E-state index contributed by atoms with van der Waals surface area (Å²) in [5.74, 6) is -2.81. The molecule has 0 aliphatic rings. The average molecular weight is 285 g/mol. The Morgan fingerprint density at radius 3 is 2.40 bits per heavy atom. The molecule has 0 rings (SSSR count). The van der Waals surface area contributed by atoms with Crippen molar-refractivity contribution in [2.24, 2.45) is 0 Å².